The summed E-state index contributed by atoms with van der Waals surface area (Å²) in [6.07, 6.45) is 1.55. The summed E-state index contributed by atoms with van der Waals surface area (Å²) >= 11 is 0. The van der Waals surface area contributed by atoms with Crippen molar-refractivity contribution in [1.29, 1.82) is 0 Å². The molecule has 0 saturated heterocycles. The molecular formula is C11H17N5O2. The Morgan fingerprint density at radius 2 is 2.06 bits per heavy atom. The van der Waals surface area contributed by atoms with Crippen LogP contribution in [0.25, 0.3) is 11.2 Å². The third-order valence-corrected chi connectivity index (χ3v) is 2.99. The van der Waals surface area contributed by atoms with Crippen LogP contribution in [0.1, 0.15) is 32.9 Å². The maximum absolute atomic E-state index is 11.9. The molecule has 0 bridgehead atoms. The van der Waals surface area contributed by atoms with Gasteiger partial charge in [0.2, 0.25) is 0 Å². The van der Waals surface area contributed by atoms with Crippen molar-refractivity contribution in [3.63, 3.8) is 0 Å². The number of fused-ring (bicyclic) bond motifs is 1. The Kier molecular flexibility index (Phi) is 3.08. The molecule has 0 aromatic carbocycles. The van der Waals surface area contributed by atoms with Gasteiger partial charge in [-0.15, -0.1) is 0 Å². The Balaban J connectivity index is 2.88. The fraction of sp³-hybridized carbons (Fsp3) is 0.545. The van der Waals surface area contributed by atoms with Crippen molar-refractivity contribution < 1.29 is 0 Å². The molecule has 3 N–H and O–H groups in total. The summed E-state index contributed by atoms with van der Waals surface area (Å²) in [6.45, 7) is 6.02. The van der Waals surface area contributed by atoms with Gasteiger partial charge in [-0.05, 0) is 20.8 Å². The first-order chi connectivity index (χ1) is 8.47. The van der Waals surface area contributed by atoms with Crippen LogP contribution in [-0.4, -0.2) is 25.6 Å². The molecular weight excluding hydrogens is 234 g/mol. The number of aromatic amines is 1. The van der Waals surface area contributed by atoms with Crippen LogP contribution >= 0.6 is 0 Å². The van der Waals surface area contributed by atoms with Gasteiger partial charge in [-0.3, -0.25) is 14.3 Å². The van der Waals surface area contributed by atoms with Crippen molar-refractivity contribution in [3.05, 3.63) is 27.2 Å². The SMILES string of the molecule is CC(CN)n1cnc2c1c(=O)[nH]c(=O)n2C(C)C. The van der Waals surface area contributed by atoms with Gasteiger partial charge >= 0.3 is 5.69 Å². The number of nitrogens with two attached hydrogens (primary N) is 1. The van der Waals surface area contributed by atoms with Gasteiger partial charge in [0.15, 0.2) is 11.2 Å². The highest BCUT2D eigenvalue weighted by atomic mass is 16.2. The summed E-state index contributed by atoms with van der Waals surface area (Å²) in [7, 11) is 0. The van der Waals surface area contributed by atoms with Crippen molar-refractivity contribution >= 4 is 11.2 Å². The molecule has 18 heavy (non-hydrogen) atoms. The van der Waals surface area contributed by atoms with Crippen molar-refractivity contribution in [1.82, 2.24) is 19.1 Å². The van der Waals surface area contributed by atoms with E-state index in [-0.39, 0.29) is 12.1 Å². The number of rotatable bonds is 3. The van der Waals surface area contributed by atoms with Crippen LogP contribution in [0.15, 0.2) is 15.9 Å². The Hall–Kier alpha value is -1.89. The summed E-state index contributed by atoms with van der Waals surface area (Å²) in [5.74, 6) is 0. The standard InChI is InChI=1S/C11H17N5O2/c1-6(2)16-9-8(10(17)14-11(16)18)15(5-13-9)7(3)4-12/h5-7H,4,12H2,1-3H3,(H,14,17,18). The van der Waals surface area contributed by atoms with Crippen molar-refractivity contribution in [2.45, 2.75) is 32.9 Å². The quantitative estimate of drug-likeness (QED) is 0.801. The van der Waals surface area contributed by atoms with Crippen molar-refractivity contribution in [3.8, 4) is 0 Å². The molecule has 1 atom stereocenters. The molecule has 2 heterocycles. The van der Waals surface area contributed by atoms with Crippen LogP contribution in [0, 0.1) is 0 Å². The van der Waals surface area contributed by atoms with E-state index in [2.05, 4.69) is 9.97 Å². The van der Waals surface area contributed by atoms with Gasteiger partial charge in [0.25, 0.3) is 5.56 Å². The first-order valence-corrected chi connectivity index (χ1v) is 5.88. The summed E-state index contributed by atoms with van der Waals surface area (Å²) in [5, 5.41) is 0. The average Bonchev–Trinajstić information content (AvgIpc) is 2.72. The first-order valence-electron chi connectivity index (χ1n) is 5.88. The van der Waals surface area contributed by atoms with E-state index < -0.39 is 11.2 Å². The van der Waals surface area contributed by atoms with E-state index in [9.17, 15) is 9.59 Å². The van der Waals surface area contributed by atoms with Gasteiger partial charge in [0.1, 0.15) is 0 Å². The van der Waals surface area contributed by atoms with Gasteiger partial charge < -0.3 is 10.3 Å². The number of hydrogen-bond acceptors (Lipinski definition) is 4. The molecule has 1 unspecified atom stereocenters. The molecule has 2 aromatic heterocycles. The topological polar surface area (TPSA) is 98.7 Å². The summed E-state index contributed by atoms with van der Waals surface area (Å²) < 4.78 is 3.17. The smallest absolute Gasteiger partial charge is 0.328 e. The van der Waals surface area contributed by atoms with E-state index in [4.69, 9.17) is 5.73 Å². The molecule has 0 radical (unpaired) electrons. The summed E-state index contributed by atoms with van der Waals surface area (Å²) in [5.41, 5.74) is 5.53. The fourth-order valence-corrected chi connectivity index (χ4v) is 1.99. The molecule has 98 valence electrons. The van der Waals surface area contributed by atoms with Crippen LogP contribution in [0.4, 0.5) is 0 Å². The lowest BCUT2D eigenvalue weighted by molar-refractivity contribution is 0.565. The highest BCUT2D eigenvalue weighted by Gasteiger charge is 2.17. The molecule has 7 nitrogen and oxygen atoms in total. The summed E-state index contributed by atoms with van der Waals surface area (Å²) in [6, 6.07) is -0.123. The highest BCUT2D eigenvalue weighted by molar-refractivity contribution is 5.70. The Labute approximate surface area is 103 Å². The van der Waals surface area contributed by atoms with Gasteiger partial charge in [0, 0.05) is 18.6 Å². The van der Waals surface area contributed by atoms with E-state index in [0.717, 1.165) is 0 Å². The third kappa shape index (κ3) is 1.76. The highest BCUT2D eigenvalue weighted by Crippen LogP contribution is 2.14. The predicted octanol–water partition coefficient (Wildman–Crippen LogP) is -0.0131. The van der Waals surface area contributed by atoms with Crippen molar-refractivity contribution in [2.24, 2.45) is 5.73 Å². The van der Waals surface area contributed by atoms with Gasteiger partial charge in [-0.1, -0.05) is 0 Å². The van der Waals surface area contributed by atoms with Crippen LogP contribution in [-0.2, 0) is 0 Å². The van der Waals surface area contributed by atoms with Gasteiger partial charge in [-0.2, -0.15) is 0 Å². The molecule has 7 heteroatoms. The van der Waals surface area contributed by atoms with Crippen LogP contribution < -0.4 is 17.0 Å². The van der Waals surface area contributed by atoms with E-state index in [1.54, 1.807) is 10.9 Å². The number of H-pyrrole nitrogens is 1. The largest absolute Gasteiger partial charge is 0.330 e. The second kappa shape index (κ2) is 4.41. The molecule has 0 amide bonds. The van der Waals surface area contributed by atoms with E-state index in [1.807, 2.05) is 20.8 Å². The molecule has 2 rings (SSSR count). The lowest BCUT2D eigenvalue weighted by atomic mass is 10.3. The zero-order chi connectivity index (χ0) is 13.4. The lowest BCUT2D eigenvalue weighted by Crippen LogP contribution is -2.32. The maximum atomic E-state index is 11.9. The minimum Gasteiger partial charge on any atom is -0.328 e. The van der Waals surface area contributed by atoms with Crippen LogP contribution in [0.3, 0.4) is 0 Å². The van der Waals surface area contributed by atoms with E-state index in [0.29, 0.717) is 17.7 Å². The fourth-order valence-electron chi connectivity index (χ4n) is 1.99. The molecule has 0 spiro atoms. The normalized spacial score (nSPS) is 13.4. The average molecular weight is 251 g/mol. The van der Waals surface area contributed by atoms with Gasteiger partial charge in [0.05, 0.1) is 6.33 Å². The molecule has 0 aliphatic carbocycles. The third-order valence-electron chi connectivity index (χ3n) is 2.99. The number of hydrogen-bond donors (Lipinski definition) is 2. The Morgan fingerprint density at radius 1 is 1.39 bits per heavy atom. The number of nitrogens with zero attached hydrogens (tertiary/aromatic N) is 3. The molecule has 0 aliphatic rings. The predicted molar refractivity (Wildman–Crippen MR) is 68.8 cm³/mol. The zero-order valence-corrected chi connectivity index (χ0v) is 10.7. The summed E-state index contributed by atoms with van der Waals surface area (Å²) in [4.78, 5) is 30.2. The molecule has 2 aromatic rings. The van der Waals surface area contributed by atoms with Gasteiger partial charge in [-0.25, -0.2) is 9.78 Å². The van der Waals surface area contributed by atoms with Crippen LogP contribution in [0.5, 0.6) is 0 Å². The maximum Gasteiger partial charge on any atom is 0.330 e. The number of aromatic nitrogens is 4. The number of imidazole rings is 1. The lowest BCUT2D eigenvalue weighted by Gasteiger charge is -2.13. The van der Waals surface area contributed by atoms with Crippen LogP contribution in [0.2, 0.25) is 0 Å². The second-order valence-electron chi connectivity index (χ2n) is 4.63. The molecule has 0 saturated carbocycles. The minimum atomic E-state index is -0.437. The monoisotopic (exact) mass is 251 g/mol. The van der Waals surface area contributed by atoms with E-state index >= 15 is 0 Å². The zero-order valence-electron chi connectivity index (χ0n) is 10.7. The van der Waals surface area contributed by atoms with Crippen molar-refractivity contribution in [2.75, 3.05) is 6.54 Å². The first kappa shape index (κ1) is 12.6. The molecule has 0 aliphatic heterocycles. The van der Waals surface area contributed by atoms with E-state index in [1.165, 1.54) is 4.57 Å². The second-order valence-corrected chi connectivity index (χ2v) is 4.63. The Morgan fingerprint density at radius 3 is 2.61 bits per heavy atom. The minimum absolute atomic E-state index is 0.0470. The molecule has 0 fully saturated rings. The Bertz CT molecular complexity index is 679. The number of nitrogens with one attached hydrogen (secondary N) is 1.